The van der Waals surface area contributed by atoms with Crippen LogP contribution in [0.3, 0.4) is 0 Å². The van der Waals surface area contributed by atoms with Crippen molar-refractivity contribution in [2.75, 3.05) is 20.2 Å². The summed E-state index contributed by atoms with van der Waals surface area (Å²) in [6, 6.07) is 11.1. The molecule has 2 aromatic rings. The Morgan fingerprint density at radius 1 is 1.00 bits per heavy atom. The first kappa shape index (κ1) is 28.6. The van der Waals surface area contributed by atoms with E-state index >= 15 is 0 Å². The number of nitrogens with two attached hydrogens (primary N) is 1. The first-order valence-electron chi connectivity index (χ1n) is 11.1. The smallest absolute Gasteiger partial charge is 0.416 e. The van der Waals surface area contributed by atoms with Gasteiger partial charge < -0.3 is 26.4 Å². The first-order chi connectivity index (χ1) is 16.7. The van der Waals surface area contributed by atoms with E-state index in [0.29, 0.717) is 18.4 Å². The highest BCUT2D eigenvalue weighted by atomic mass is 19.4. The Bertz CT molecular complexity index is 1080. The number of ether oxygens (including phenoxy) is 1. The summed E-state index contributed by atoms with van der Waals surface area (Å²) < 4.78 is 43.9. The molecule has 0 aliphatic heterocycles. The summed E-state index contributed by atoms with van der Waals surface area (Å²) in [5.74, 6) is -1.68. The molecule has 3 amide bonds. The standard InChI is InChI=1S/C25H31F3N4O4/c1-23(2,3)24(22(29)35,15-30-13-16-8-10-19(36-4)11-9-16)32-20(33)14-31-21(34)17-6-5-7-18(12-17)25(26,27)28/h5-12,30H,13-15H2,1-4H3,(H2,29,35)(H,31,34)(H,32,33). The van der Waals surface area contributed by atoms with Crippen molar-refractivity contribution in [1.82, 2.24) is 16.0 Å². The minimum absolute atomic E-state index is 0.00875. The molecule has 1 unspecified atom stereocenters. The summed E-state index contributed by atoms with van der Waals surface area (Å²) in [7, 11) is 1.56. The monoisotopic (exact) mass is 508 g/mol. The molecule has 0 radical (unpaired) electrons. The fourth-order valence-corrected chi connectivity index (χ4v) is 3.53. The maximum Gasteiger partial charge on any atom is 0.416 e. The topological polar surface area (TPSA) is 123 Å². The summed E-state index contributed by atoms with van der Waals surface area (Å²) in [4.78, 5) is 37.6. The van der Waals surface area contributed by atoms with Crippen molar-refractivity contribution in [3.8, 4) is 5.75 Å². The fourth-order valence-electron chi connectivity index (χ4n) is 3.53. The van der Waals surface area contributed by atoms with E-state index < -0.39 is 47.0 Å². The lowest BCUT2D eigenvalue weighted by atomic mass is 9.72. The Labute approximate surface area is 207 Å². The third-order valence-corrected chi connectivity index (χ3v) is 5.79. The molecular weight excluding hydrogens is 477 g/mol. The predicted octanol–water partition coefficient (Wildman–Crippen LogP) is 2.62. The molecular formula is C25H31F3N4O4. The van der Waals surface area contributed by atoms with Crippen LogP contribution < -0.4 is 26.4 Å². The number of hydrogen-bond acceptors (Lipinski definition) is 5. The van der Waals surface area contributed by atoms with E-state index in [1.807, 2.05) is 12.1 Å². The van der Waals surface area contributed by atoms with Gasteiger partial charge in [0, 0.05) is 18.7 Å². The zero-order valence-electron chi connectivity index (χ0n) is 20.6. The van der Waals surface area contributed by atoms with E-state index in [9.17, 15) is 27.6 Å². The molecule has 0 aromatic heterocycles. The molecule has 36 heavy (non-hydrogen) atoms. The number of carbonyl (C=O) groups excluding carboxylic acids is 3. The van der Waals surface area contributed by atoms with E-state index in [2.05, 4.69) is 16.0 Å². The van der Waals surface area contributed by atoms with Crippen molar-refractivity contribution in [2.24, 2.45) is 11.1 Å². The predicted molar refractivity (Wildman–Crippen MR) is 128 cm³/mol. The third-order valence-electron chi connectivity index (χ3n) is 5.79. The largest absolute Gasteiger partial charge is 0.497 e. The summed E-state index contributed by atoms with van der Waals surface area (Å²) in [5.41, 5.74) is 3.03. The normalized spacial score (nSPS) is 13.4. The van der Waals surface area contributed by atoms with Gasteiger partial charge in [-0.05, 0) is 41.3 Å². The van der Waals surface area contributed by atoms with Crippen molar-refractivity contribution in [3.63, 3.8) is 0 Å². The number of amides is 3. The van der Waals surface area contributed by atoms with E-state index in [1.165, 1.54) is 6.07 Å². The Morgan fingerprint density at radius 3 is 2.17 bits per heavy atom. The molecule has 2 aromatic carbocycles. The van der Waals surface area contributed by atoms with Gasteiger partial charge in [-0.15, -0.1) is 0 Å². The number of primary amides is 1. The van der Waals surface area contributed by atoms with Gasteiger partial charge >= 0.3 is 6.18 Å². The van der Waals surface area contributed by atoms with Crippen molar-refractivity contribution in [3.05, 3.63) is 65.2 Å². The molecule has 0 heterocycles. The average Bonchev–Trinajstić information content (AvgIpc) is 2.81. The lowest BCUT2D eigenvalue weighted by Crippen LogP contribution is -2.69. The SMILES string of the molecule is COc1ccc(CNCC(NC(=O)CNC(=O)c2cccc(C(F)(F)F)c2)(C(N)=O)C(C)(C)C)cc1. The maximum absolute atomic E-state index is 12.9. The van der Waals surface area contributed by atoms with Crippen LogP contribution in [0.1, 0.15) is 42.3 Å². The molecule has 1 atom stereocenters. The maximum atomic E-state index is 12.9. The zero-order valence-corrected chi connectivity index (χ0v) is 20.6. The van der Waals surface area contributed by atoms with Gasteiger partial charge in [-0.25, -0.2) is 0 Å². The number of carbonyl (C=O) groups is 3. The van der Waals surface area contributed by atoms with E-state index in [-0.39, 0.29) is 12.1 Å². The van der Waals surface area contributed by atoms with E-state index in [1.54, 1.807) is 40.0 Å². The van der Waals surface area contributed by atoms with Crippen molar-refractivity contribution in [2.45, 2.75) is 39.0 Å². The molecule has 196 valence electrons. The molecule has 0 saturated carbocycles. The highest BCUT2D eigenvalue weighted by molar-refractivity contribution is 5.98. The molecule has 0 spiro atoms. The Hall–Kier alpha value is -3.60. The van der Waals surface area contributed by atoms with Gasteiger partial charge in [0.05, 0.1) is 19.2 Å². The van der Waals surface area contributed by atoms with Crippen LogP contribution in [-0.2, 0) is 22.3 Å². The minimum atomic E-state index is -4.61. The number of rotatable bonds is 10. The molecule has 2 rings (SSSR count). The first-order valence-corrected chi connectivity index (χ1v) is 11.1. The average molecular weight is 509 g/mol. The van der Waals surface area contributed by atoms with Crippen molar-refractivity contribution in [1.29, 1.82) is 0 Å². The van der Waals surface area contributed by atoms with Crippen LogP contribution in [0.4, 0.5) is 13.2 Å². The zero-order chi connectivity index (χ0) is 27.1. The van der Waals surface area contributed by atoms with Crippen LogP contribution in [-0.4, -0.2) is 43.5 Å². The van der Waals surface area contributed by atoms with Crippen LogP contribution in [0.15, 0.2) is 48.5 Å². The molecule has 0 aliphatic carbocycles. The second kappa shape index (κ2) is 11.4. The molecule has 8 nitrogen and oxygen atoms in total. The summed E-state index contributed by atoms with van der Waals surface area (Å²) in [6.07, 6.45) is -4.61. The van der Waals surface area contributed by atoms with Gasteiger partial charge in [-0.1, -0.05) is 39.0 Å². The van der Waals surface area contributed by atoms with Gasteiger partial charge in [-0.3, -0.25) is 14.4 Å². The second-order valence-electron chi connectivity index (χ2n) is 9.28. The Morgan fingerprint density at radius 2 is 1.64 bits per heavy atom. The molecule has 5 N–H and O–H groups in total. The molecule has 0 aliphatic rings. The molecule has 11 heteroatoms. The Balaban J connectivity index is 2.08. The molecule has 0 saturated heterocycles. The minimum Gasteiger partial charge on any atom is -0.497 e. The van der Waals surface area contributed by atoms with Gasteiger partial charge in [-0.2, -0.15) is 13.2 Å². The van der Waals surface area contributed by atoms with Crippen LogP contribution in [0, 0.1) is 5.41 Å². The highest BCUT2D eigenvalue weighted by Crippen LogP contribution is 2.31. The summed E-state index contributed by atoms with van der Waals surface area (Å²) >= 11 is 0. The lowest BCUT2D eigenvalue weighted by molar-refractivity contribution is -0.137. The lowest BCUT2D eigenvalue weighted by Gasteiger charge is -2.43. The number of benzene rings is 2. The van der Waals surface area contributed by atoms with Crippen LogP contribution >= 0.6 is 0 Å². The summed E-state index contributed by atoms with van der Waals surface area (Å²) in [5, 5.41) is 8.04. The third kappa shape index (κ3) is 7.20. The van der Waals surface area contributed by atoms with Crippen LogP contribution in [0.5, 0.6) is 5.75 Å². The number of nitrogens with one attached hydrogen (secondary N) is 3. The summed E-state index contributed by atoms with van der Waals surface area (Å²) in [6.45, 7) is 4.98. The Kier molecular flexibility index (Phi) is 9.09. The van der Waals surface area contributed by atoms with E-state index in [4.69, 9.17) is 10.5 Å². The van der Waals surface area contributed by atoms with Crippen molar-refractivity contribution >= 4 is 17.7 Å². The molecule has 0 fully saturated rings. The number of halogens is 3. The number of methoxy groups -OCH3 is 1. The van der Waals surface area contributed by atoms with Gasteiger partial charge in [0.1, 0.15) is 11.3 Å². The van der Waals surface area contributed by atoms with Crippen LogP contribution in [0.25, 0.3) is 0 Å². The van der Waals surface area contributed by atoms with Gasteiger partial charge in [0.15, 0.2) is 0 Å². The molecule has 0 bridgehead atoms. The highest BCUT2D eigenvalue weighted by Gasteiger charge is 2.48. The van der Waals surface area contributed by atoms with Crippen LogP contribution in [0.2, 0.25) is 0 Å². The van der Waals surface area contributed by atoms with E-state index in [0.717, 1.165) is 17.7 Å². The quantitative estimate of drug-likeness (QED) is 0.393. The fraction of sp³-hybridized carbons (Fsp3) is 0.400. The van der Waals surface area contributed by atoms with Crippen molar-refractivity contribution < 1.29 is 32.3 Å². The van der Waals surface area contributed by atoms with Gasteiger partial charge in [0.2, 0.25) is 11.8 Å². The van der Waals surface area contributed by atoms with Gasteiger partial charge in [0.25, 0.3) is 5.91 Å². The second-order valence-corrected chi connectivity index (χ2v) is 9.28. The number of alkyl halides is 3. The number of hydrogen-bond donors (Lipinski definition) is 4.